The van der Waals surface area contributed by atoms with E-state index in [0.29, 0.717) is 6.07 Å². The Labute approximate surface area is 117 Å². The fraction of sp³-hybridized carbons (Fsp3) is 0.455. The Hall–Kier alpha value is -1.70. The van der Waals surface area contributed by atoms with E-state index in [9.17, 15) is 23.1 Å². The molecular weight excluding hydrogens is 303 g/mol. The number of esters is 1. The van der Waals surface area contributed by atoms with Gasteiger partial charge < -0.3 is 14.6 Å². The molecule has 0 aliphatic carbocycles. The van der Waals surface area contributed by atoms with Gasteiger partial charge in [-0.3, -0.25) is 4.79 Å². The van der Waals surface area contributed by atoms with Crippen LogP contribution < -0.4 is 4.74 Å². The lowest BCUT2D eigenvalue weighted by Gasteiger charge is -2.14. The second-order valence-electron chi connectivity index (χ2n) is 3.56. The lowest BCUT2D eigenvalue weighted by atomic mass is 10.2. The molecule has 1 N–H and O–H groups in total. The topological polar surface area (TPSA) is 68.7 Å². The Bertz CT molecular complexity index is 493. The van der Waals surface area contributed by atoms with E-state index in [1.807, 2.05) is 0 Å². The summed E-state index contributed by atoms with van der Waals surface area (Å²) in [7, 11) is 0. The standard InChI is InChI=1S/C11H11ClF3NO4/c1-2-19-10(18)3-6-9(20-11(13,14)15)4-8(17)7(5-12)16-6/h4,17H,2-3,5H2,1H3. The van der Waals surface area contributed by atoms with Crippen molar-refractivity contribution in [3.8, 4) is 11.5 Å². The molecule has 1 heterocycles. The normalized spacial score (nSPS) is 11.2. The predicted molar refractivity (Wildman–Crippen MR) is 62.5 cm³/mol. The maximum absolute atomic E-state index is 12.2. The fourth-order valence-corrected chi connectivity index (χ4v) is 1.55. The molecule has 1 aromatic rings. The highest BCUT2D eigenvalue weighted by molar-refractivity contribution is 6.17. The summed E-state index contributed by atoms with van der Waals surface area (Å²) in [6, 6.07) is 0.715. The van der Waals surface area contributed by atoms with Crippen LogP contribution in [-0.4, -0.2) is 29.0 Å². The monoisotopic (exact) mass is 313 g/mol. The van der Waals surface area contributed by atoms with Crippen LogP contribution in [0.1, 0.15) is 18.3 Å². The summed E-state index contributed by atoms with van der Waals surface area (Å²) in [5, 5.41) is 9.44. The molecule has 5 nitrogen and oxygen atoms in total. The number of aromatic nitrogens is 1. The number of hydrogen-bond donors (Lipinski definition) is 1. The number of hydrogen-bond acceptors (Lipinski definition) is 5. The van der Waals surface area contributed by atoms with Crippen molar-refractivity contribution in [2.45, 2.75) is 25.6 Å². The second kappa shape index (κ2) is 6.65. The van der Waals surface area contributed by atoms with Crippen molar-refractivity contribution < 1.29 is 32.5 Å². The number of nitrogens with zero attached hydrogens (tertiary/aromatic N) is 1. The summed E-state index contributed by atoms with van der Waals surface area (Å²) >= 11 is 5.49. The van der Waals surface area contributed by atoms with Crippen LogP contribution in [-0.2, 0) is 21.8 Å². The summed E-state index contributed by atoms with van der Waals surface area (Å²) in [5.74, 6) is -2.31. The lowest BCUT2D eigenvalue weighted by Crippen LogP contribution is -2.20. The van der Waals surface area contributed by atoms with Crippen LogP contribution in [0.5, 0.6) is 11.5 Å². The Morgan fingerprint density at radius 2 is 2.10 bits per heavy atom. The van der Waals surface area contributed by atoms with Gasteiger partial charge in [0.05, 0.1) is 30.3 Å². The summed E-state index contributed by atoms with van der Waals surface area (Å²) in [5.41, 5.74) is -0.366. The van der Waals surface area contributed by atoms with E-state index in [1.165, 1.54) is 0 Å². The van der Waals surface area contributed by atoms with Crippen LogP contribution in [0.15, 0.2) is 6.07 Å². The Balaban J connectivity index is 3.12. The van der Waals surface area contributed by atoms with Crippen molar-refractivity contribution in [3.05, 3.63) is 17.5 Å². The molecule has 0 spiro atoms. The number of carbonyl (C=O) groups excluding carboxylic acids is 1. The fourth-order valence-electron chi connectivity index (χ4n) is 1.35. The van der Waals surface area contributed by atoms with E-state index in [-0.39, 0.29) is 23.9 Å². The molecule has 0 aromatic carbocycles. The molecule has 0 unspecified atom stereocenters. The highest BCUT2D eigenvalue weighted by Crippen LogP contribution is 2.31. The predicted octanol–water partition coefficient (Wildman–Crippen LogP) is 2.53. The van der Waals surface area contributed by atoms with Gasteiger partial charge in [0.1, 0.15) is 5.75 Å². The second-order valence-corrected chi connectivity index (χ2v) is 3.83. The minimum absolute atomic E-state index is 0.0551. The average molecular weight is 314 g/mol. The van der Waals surface area contributed by atoms with Gasteiger partial charge in [-0.1, -0.05) is 0 Å². The first-order valence-corrected chi connectivity index (χ1v) is 5.99. The molecule has 1 aromatic heterocycles. The summed E-state index contributed by atoms with van der Waals surface area (Å²) in [6.45, 7) is 1.63. The van der Waals surface area contributed by atoms with Gasteiger partial charge in [-0.05, 0) is 6.92 Å². The summed E-state index contributed by atoms with van der Waals surface area (Å²) in [4.78, 5) is 15.0. The third-order valence-electron chi connectivity index (χ3n) is 2.09. The van der Waals surface area contributed by atoms with Crippen LogP contribution in [0, 0.1) is 0 Å². The third kappa shape index (κ3) is 4.76. The number of ether oxygens (including phenoxy) is 2. The molecule has 0 bridgehead atoms. The number of halogens is 4. The van der Waals surface area contributed by atoms with E-state index in [2.05, 4.69) is 14.5 Å². The maximum atomic E-state index is 12.2. The van der Waals surface area contributed by atoms with E-state index < -0.39 is 30.3 Å². The molecular formula is C11H11ClF3NO4. The molecule has 0 saturated carbocycles. The quantitative estimate of drug-likeness (QED) is 0.668. The van der Waals surface area contributed by atoms with Crippen molar-refractivity contribution in [1.82, 2.24) is 4.98 Å². The summed E-state index contributed by atoms with van der Waals surface area (Å²) in [6.07, 6.45) is -5.50. The molecule has 9 heteroatoms. The largest absolute Gasteiger partial charge is 0.573 e. The first-order valence-electron chi connectivity index (χ1n) is 5.46. The van der Waals surface area contributed by atoms with E-state index in [1.54, 1.807) is 6.92 Å². The van der Waals surface area contributed by atoms with Crippen molar-refractivity contribution >= 4 is 17.6 Å². The zero-order valence-corrected chi connectivity index (χ0v) is 11.1. The van der Waals surface area contributed by atoms with E-state index in [0.717, 1.165) is 0 Å². The number of alkyl halides is 4. The van der Waals surface area contributed by atoms with Gasteiger partial charge >= 0.3 is 12.3 Å². The Morgan fingerprint density at radius 1 is 1.45 bits per heavy atom. The van der Waals surface area contributed by atoms with Gasteiger partial charge in [-0.15, -0.1) is 24.8 Å². The average Bonchev–Trinajstić information content (AvgIpc) is 2.30. The SMILES string of the molecule is CCOC(=O)Cc1nc(CCl)c(O)cc1OC(F)(F)F. The first-order chi connectivity index (χ1) is 9.26. The molecule has 0 aliphatic rings. The Morgan fingerprint density at radius 3 is 2.60 bits per heavy atom. The molecule has 0 radical (unpaired) electrons. The van der Waals surface area contributed by atoms with Gasteiger partial charge in [-0.25, -0.2) is 4.98 Å². The number of aromatic hydroxyl groups is 1. The van der Waals surface area contributed by atoms with Gasteiger partial charge in [-0.2, -0.15) is 0 Å². The third-order valence-corrected chi connectivity index (χ3v) is 2.34. The first kappa shape index (κ1) is 16.4. The molecule has 1 rings (SSSR count). The highest BCUT2D eigenvalue weighted by atomic mass is 35.5. The minimum atomic E-state index is -4.97. The number of pyridine rings is 1. The van der Waals surface area contributed by atoms with Gasteiger partial charge in [0, 0.05) is 6.07 Å². The van der Waals surface area contributed by atoms with Crippen molar-refractivity contribution in [2.75, 3.05) is 6.61 Å². The smallest absolute Gasteiger partial charge is 0.506 e. The van der Waals surface area contributed by atoms with E-state index in [4.69, 9.17) is 11.6 Å². The number of carbonyl (C=O) groups is 1. The van der Waals surface area contributed by atoms with Crippen LogP contribution in [0.3, 0.4) is 0 Å². The minimum Gasteiger partial charge on any atom is -0.506 e. The van der Waals surface area contributed by atoms with Gasteiger partial charge in [0.15, 0.2) is 5.75 Å². The van der Waals surface area contributed by atoms with Crippen molar-refractivity contribution in [3.63, 3.8) is 0 Å². The van der Waals surface area contributed by atoms with Crippen LogP contribution >= 0.6 is 11.6 Å². The van der Waals surface area contributed by atoms with E-state index >= 15 is 0 Å². The van der Waals surface area contributed by atoms with Gasteiger partial charge in [0.25, 0.3) is 0 Å². The number of rotatable bonds is 5. The highest BCUT2D eigenvalue weighted by Gasteiger charge is 2.33. The molecule has 20 heavy (non-hydrogen) atoms. The molecule has 0 amide bonds. The molecule has 112 valence electrons. The molecule has 0 atom stereocenters. The summed E-state index contributed by atoms with van der Waals surface area (Å²) < 4.78 is 45.1. The maximum Gasteiger partial charge on any atom is 0.573 e. The van der Waals surface area contributed by atoms with Gasteiger partial charge in [0.2, 0.25) is 0 Å². The van der Waals surface area contributed by atoms with Crippen LogP contribution in [0.25, 0.3) is 0 Å². The zero-order valence-electron chi connectivity index (χ0n) is 10.3. The lowest BCUT2D eigenvalue weighted by molar-refractivity contribution is -0.275. The zero-order chi connectivity index (χ0) is 15.3. The van der Waals surface area contributed by atoms with Crippen LogP contribution in [0.2, 0.25) is 0 Å². The van der Waals surface area contributed by atoms with Crippen molar-refractivity contribution in [1.29, 1.82) is 0 Å². The van der Waals surface area contributed by atoms with Crippen LogP contribution in [0.4, 0.5) is 13.2 Å². The molecule has 0 aliphatic heterocycles. The van der Waals surface area contributed by atoms with Crippen molar-refractivity contribution in [2.24, 2.45) is 0 Å². The molecule has 0 fully saturated rings. The molecule has 0 saturated heterocycles. The Kier molecular flexibility index (Phi) is 5.43.